The summed E-state index contributed by atoms with van der Waals surface area (Å²) in [5.41, 5.74) is 5.96. The number of ether oxygens (including phenoxy) is 1. The van der Waals surface area contributed by atoms with Crippen molar-refractivity contribution in [3.05, 3.63) is 64.7 Å². The minimum Gasteiger partial charge on any atom is -0.390 e. The van der Waals surface area contributed by atoms with Crippen molar-refractivity contribution in [1.82, 2.24) is 14.7 Å². The van der Waals surface area contributed by atoms with E-state index < -0.39 is 6.10 Å². The molecule has 1 unspecified atom stereocenters. The Morgan fingerprint density at radius 2 is 1.62 bits per heavy atom. The number of carbonyl (C=O) groups excluding carboxylic acids is 1. The summed E-state index contributed by atoms with van der Waals surface area (Å²) in [5.74, 6) is 0.0573. The first kappa shape index (κ1) is 24.9. The third-order valence-corrected chi connectivity index (χ3v) is 8.76. The van der Waals surface area contributed by atoms with Gasteiger partial charge in [0.1, 0.15) is 0 Å². The maximum Gasteiger partial charge on any atom is 0.254 e. The van der Waals surface area contributed by atoms with Crippen LogP contribution in [-0.4, -0.2) is 103 Å². The summed E-state index contributed by atoms with van der Waals surface area (Å²) in [6.45, 7) is 9.47. The first-order valence-corrected chi connectivity index (χ1v) is 14.1. The van der Waals surface area contributed by atoms with Crippen LogP contribution in [0.2, 0.25) is 0 Å². The molecule has 4 aliphatic rings. The smallest absolute Gasteiger partial charge is 0.254 e. The predicted octanol–water partition coefficient (Wildman–Crippen LogP) is 2.41. The molecule has 0 saturated carbocycles. The van der Waals surface area contributed by atoms with E-state index in [4.69, 9.17) is 4.74 Å². The Balaban J connectivity index is 1.02. The molecule has 7 nitrogen and oxygen atoms in total. The largest absolute Gasteiger partial charge is 0.390 e. The number of anilines is 1. The van der Waals surface area contributed by atoms with E-state index in [1.807, 2.05) is 11.0 Å². The van der Waals surface area contributed by atoms with Crippen molar-refractivity contribution in [2.75, 3.05) is 70.5 Å². The molecule has 1 atom stereocenters. The second-order valence-electron chi connectivity index (χ2n) is 11.1. The number of piperidine rings is 1. The van der Waals surface area contributed by atoms with E-state index in [0.717, 1.165) is 76.5 Å². The van der Waals surface area contributed by atoms with Crippen LogP contribution in [0.5, 0.6) is 0 Å². The number of rotatable bonds is 6. The van der Waals surface area contributed by atoms with Crippen LogP contribution in [0.15, 0.2) is 42.5 Å². The van der Waals surface area contributed by atoms with Crippen LogP contribution < -0.4 is 4.90 Å². The number of benzene rings is 2. The monoisotopic (exact) mass is 504 g/mol. The molecule has 1 amide bonds. The Morgan fingerprint density at radius 3 is 2.43 bits per heavy atom. The van der Waals surface area contributed by atoms with Crippen molar-refractivity contribution in [3.8, 4) is 0 Å². The highest BCUT2D eigenvalue weighted by Gasteiger charge is 2.29. The van der Waals surface area contributed by atoms with E-state index in [2.05, 4.69) is 51.1 Å². The quantitative estimate of drug-likeness (QED) is 0.652. The number of hydrogen-bond donors (Lipinski definition) is 1. The van der Waals surface area contributed by atoms with Gasteiger partial charge in [-0.1, -0.05) is 24.3 Å². The Kier molecular flexibility index (Phi) is 7.47. The van der Waals surface area contributed by atoms with Crippen LogP contribution in [-0.2, 0) is 24.1 Å². The Labute approximate surface area is 220 Å². The van der Waals surface area contributed by atoms with Crippen molar-refractivity contribution in [2.24, 2.45) is 0 Å². The van der Waals surface area contributed by atoms with Crippen molar-refractivity contribution < 1.29 is 14.6 Å². The van der Waals surface area contributed by atoms with Crippen molar-refractivity contribution in [2.45, 2.75) is 44.4 Å². The summed E-state index contributed by atoms with van der Waals surface area (Å²) in [7, 11) is 0. The lowest BCUT2D eigenvalue weighted by Crippen LogP contribution is -2.49. The van der Waals surface area contributed by atoms with E-state index in [1.54, 1.807) is 0 Å². The van der Waals surface area contributed by atoms with Gasteiger partial charge in [-0.15, -0.1) is 0 Å². The first-order chi connectivity index (χ1) is 18.1. The molecule has 0 aliphatic carbocycles. The molecule has 7 heteroatoms. The van der Waals surface area contributed by atoms with E-state index in [1.165, 1.54) is 29.7 Å². The fraction of sp³-hybridized carbons (Fsp3) is 0.567. The number of morpholine rings is 1. The number of aliphatic hydroxyl groups is 1. The molecule has 2 aromatic carbocycles. The van der Waals surface area contributed by atoms with Gasteiger partial charge < -0.3 is 19.6 Å². The highest BCUT2D eigenvalue weighted by molar-refractivity contribution is 5.97. The number of fused-ring (bicyclic) bond motifs is 2. The molecular formula is C30H40N4O3. The maximum atomic E-state index is 13.3. The van der Waals surface area contributed by atoms with Gasteiger partial charge in [-0.25, -0.2) is 0 Å². The van der Waals surface area contributed by atoms with Gasteiger partial charge in [-0.2, -0.15) is 0 Å². The number of hydrogen-bond acceptors (Lipinski definition) is 6. The molecule has 0 spiro atoms. The van der Waals surface area contributed by atoms with Crippen LogP contribution >= 0.6 is 0 Å². The van der Waals surface area contributed by atoms with E-state index >= 15 is 0 Å². The average Bonchev–Trinajstić information content (AvgIpc) is 2.95. The van der Waals surface area contributed by atoms with Gasteiger partial charge in [0.15, 0.2) is 0 Å². The Bertz CT molecular complexity index is 1090. The Hall–Kier alpha value is -2.45. The molecule has 0 bridgehead atoms. The van der Waals surface area contributed by atoms with E-state index in [0.29, 0.717) is 25.7 Å². The molecule has 2 saturated heterocycles. The van der Waals surface area contributed by atoms with Crippen LogP contribution in [0.25, 0.3) is 0 Å². The van der Waals surface area contributed by atoms with Gasteiger partial charge in [0.2, 0.25) is 0 Å². The lowest BCUT2D eigenvalue weighted by molar-refractivity contribution is 0.0115. The van der Waals surface area contributed by atoms with Crippen molar-refractivity contribution >= 4 is 11.6 Å². The van der Waals surface area contributed by atoms with Gasteiger partial charge in [0.05, 0.1) is 19.3 Å². The summed E-state index contributed by atoms with van der Waals surface area (Å²) >= 11 is 0. The molecule has 2 aromatic rings. The van der Waals surface area contributed by atoms with Gasteiger partial charge >= 0.3 is 0 Å². The topological polar surface area (TPSA) is 59.5 Å². The second-order valence-corrected chi connectivity index (χ2v) is 11.1. The fourth-order valence-corrected chi connectivity index (χ4v) is 6.65. The number of nitrogens with zero attached hydrogens (tertiary/aromatic N) is 4. The molecular weight excluding hydrogens is 464 g/mol. The zero-order valence-electron chi connectivity index (χ0n) is 21.9. The number of amides is 1. The minimum absolute atomic E-state index is 0.0573. The lowest BCUT2D eigenvalue weighted by atomic mass is 9.96. The predicted molar refractivity (Wildman–Crippen MR) is 145 cm³/mol. The minimum atomic E-state index is -0.539. The number of aliphatic hydroxyl groups excluding tert-OH is 1. The van der Waals surface area contributed by atoms with Gasteiger partial charge in [0, 0.05) is 76.2 Å². The van der Waals surface area contributed by atoms with E-state index in [-0.39, 0.29) is 5.91 Å². The third kappa shape index (κ3) is 5.55. The Morgan fingerprint density at radius 1 is 0.865 bits per heavy atom. The molecule has 0 radical (unpaired) electrons. The van der Waals surface area contributed by atoms with Gasteiger partial charge in [-0.3, -0.25) is 14.6 Å². The highest BCUT2D eigenvalue weighted by Crippen LogP contribution is 2.28. The zero-order valence-corrected chi connectivity index (χ0v) is 21.9. The van der Waals surface area contributed by atoms with Gasteiger partial charge in [-0.05, 0) is 60.6 Å². The zero-order chi connectivity index (χ0) is 25.2. The summed E-state index contributed by atoms with van der Waals surface area (Å²) in [4.78, 5) is 22.5. The van der Waals surface area contributed by atoms with E-state index in [9.17, 15) is 9.90 Å². The van der Waals surface area contributed by atoms with Crippen LogP contribution in [0.3, 0.4) is 0 Å². The first-order valence-electron chi connectivity index (χ1n) is 14.1. The van der Waals surface area contributed by atoms with Crippen LogP contribution in [0.1, 0.15) is 39.9 Å². The van der Waals surface area contributed by atoms with Crippen LogP contribution in [0.4, 0.5) is 5.69 Å². The molecule has 4 heterocycles. The molecule has 37 heavy (non-hydrogen) atoms. The number of carbonyl (C=O) groups is 1. The molecule has 6 rings (SSSR count). The molecule has 198 valence electrons. The summed E-state index contributed by atoms with van der Waals surface area (Å²) in [6, 6.07) is 15.6. The number of β-amino-alcohol motifs (C(OH)–C–C–N with tert-alkyl or cyclic N) is 1. The average molecular weight is 505 g/mol. The van der Waals surface area contributed by atoms with Crippen molar-refractivity contribution in [3.63, 3.8) is 0 Å². The summed E-state index contributed by atoms with van der Waals surface area (Å²) in [5, 5.41) is 10.8. The molecule has 0 aromatic heterocycles. The normalized spacial score (nSPS) is 22.6. The third-order valence-electron chi connectivity index (χ3n) is 8.76. The van der Waals surface area contributed by atoms with Crippen molar-refractivity contribution in [1.29, 1.82) is 0 Å². The molecule has 4 aliphatic heterocycles. The molecule has 1 N–H and O–H groups in total. The van der Waals surface area contributed by atoms with Gasteiger partial charge in [0.25, 0.3) is 5.91 Å². The maximum absolute atomic E-state index is 13.3. The highest BCUT2D eigenvalue weighted by atomic mass is 16.5. The summed E-state index contributed by atoms with van der Waals surface area (Å²) in [6.07, 6.45) is 3.70. The standard InChI is InChI=1S/C30H40N4O3/c35-28(21-31-11-7-23-3-1-2-4-25(23)20-31)22-34-12-8-24-19-27(5-6-29(24)30(34)36)32-13-9-26(10-14-32)33-15-17-37-18-16-33/h1-6,19,26,28,35H,7-18,20-22H2. The second kappa shape index (κ2) is 11.1. The lowest BCUT2D eigenvalue weighted by Gasteiger charge is -2.41. The summed E-state index contributed by atoms with van der Waals surface area (Å²) < 4.78 is 5.52. The van der Waals surface area contributed by atoms with Crippen LogP contribution in [0, 0.1) is 0 Å². The molecule has 2 fully saturated rings. The fourth-order valence-electron chi connectivity index (χ4n) is 6.65. The SMILES string of the molecule is O=C1c2ccc(N3CCC(N4CCOCC4)CC3)cc2CCN1CC(O)CN1CCc2ccccc2C1.